The van der Waals surface area contributed by atoms with Gasteiger partial charge in [0.15, 0.2) is 0 Å². The number of carbonyl (C=O) groups is 1. The van der Waals surface area contributed by atoms with Crippen LogP contribution in [0.1, 0.15) is 29.5 Å². The van der Waals surface area contributed by atoms with Crippen molar-refractivity contribution in [3.8, 4) is 5.75 Å². The summed E-state index contributed by atoms with van der Waals surface area (Å²) in [6, 6.07) is 15.7. The van der Waals surface area contributed by atoms with Gasteiger partial charge in [0.1, 0.15) is 12.4 Å². The van der Waals surface area contributed by atoms with Gasteiger partial charge >= 0.3 is 6.18 Å². The Kier molecular flexibility index (Phi) is 9.55. The molecule has 13 heteroatoms. The summed E-state index contributed by atoms with van der Waals surface area (Å²) in [4.78, 5) is 12.9. The quantitative estimate of drug-likeness (QED) is 0.229. The van der Waals surface area contributed by atoms with E-state index in [4.69, 9.17) is 16.3 Å². The van der Waals surface area contributed by atoms with E-state index in [-0.39, 0.29) is 18.0 Å². The second-order valence-electron chi connectivity index (χ2n) is 9.06. The van der Waals surface area contributed by atoms with E-state index in [0.717, 1.165) is 12.1 Å². The fourth-order valence-electron chi connectivity index (χ4n) is 4.14. The molecule has 1 saturated heterocycles. The summed E-state index contributed by atoms with van der Waals surface area (Å²) in [5.41, 5.74) is 2.50. The molecule has 1 atom stereocenters. The molecule has 1 N–H and O–H groups in total. The second kappa shape index (κ2) is 12.7. The maximum absolute atomic E-state index is 13.0. The highest BCUT2D eigenvalue weighted by atomic mass is 79.9. The van der Waals surface area contributed by atoms with E-state index in [1.54, 1.807) is 18.2 Å². The van der Waals surface area contributed by atoms with Crippen LogP contribution in [0.2, 0.25) is 5.02 Å². The smallest absolute Gasteiger partial charge is 0.416 e. The van der Waals surface area contributed by atoms with Crippen LogP contribution in [0, 0.1) is 5.92 Å². The normalized spacial score (nSPS) is 16.7. The third-order valence-electron chi connectivity index (χ3n) is 6.21. The Labute approximate surface area is 243 Å². The molecule has 1 aliphatic rings. The Balaban J connectivity index is 1.39. The van der Waals surface area contributed by atoms with Gasteiger partial charge in [0.2, 0.25) is 15.9 Å². The van der Waals surface area contributed by atoms with E-state index < -0.39 is 33.6 Å². The Bertz CT molecular complexity index is 1500. The minimum absolute atomic E-state index is 0.00848. The highest BCUT2D eigenvalue weighted by Gasteiger charge is 2.33. The third kappa shape index (κ3) is 7.62. The van der Waals surface area contributed by atoms with Crippen molar-refractivity contribution in [1.82, 2.24) is 9.73 Å². The lowest BCUT2D eigenvalue weighted by molar-refractivity contribution is -0.137. The molecule has 0 bridgehead atoms. The standard InChI is InChI=1S/C27H24BrClF3N3O4S/c28-22-6-11-25(39-17-18-3-1-5-21(13-18)27(30,31)32)20(14-22)15-33-34-26(36)19-4-2-12-35(16-19)40(37,38)24-9-7-23(29)8-10-24/h1,3,5-11,13-15,19H,2,4,12,16-17H2,(H,34,36). The average molecular weight is 659 g/mol. The molecule has 1 unspecified atom stereocenters. The van der Waals surface area contributed by atoms with Crippen LogP contribution < -0.4 is 10.2 Å². The SMILES string of the molecule is O=C(NN=Cc1cc(Br)ccc1OCc1cccc(C(F)(F)F)c1)C1CCCN(S(=O)(=O)c2ccc(Cl)cc2)C1. The molecule has 0 aromatic heterocycles. The molecule has 4 rings (SSSR count). The van der Waals surface area contributed by atoms with E-state index in [1.807, 2.05) is 0 Å². The first kappa shape index (κ1) is 30.0. The lowest BCUT2D eigenvalue weighted by Gasteiger charge is -2.30. The number of piperidine rings is 1. The molecular formula is C27H24BrClF3N3O4S. The van der Waals surface area contributed by atoms with Crippen molar-refractivity contribution in [2.45, 2.75) is 30.5 Å². The molecule has 1 aliphatic heterocycles. The van der Waals surface area contributed by atoms with Crippen LogP contribution in [0.3, 0.4) is 0 Å². The second-order valence-corrected chi connectivity index (χ2v) is 12.3. The van der Waals surface area contributed by atoms with Crippen LogP contribution in [0.25, 0.3) is 0 Å². The van der Waals surface area contributed by atoms with Gasteiger partial charge in [-0.2, -0.15) is 22.6 Å². The number of halogens is 5. The van der Waals surface area contributed by atoms with Crippen molar-refractivity contribution < 1.29 is 31.1 Å². The fourth-order valence-corrected chi connectivity index (χ4v) is 6.17. The first-order valence-electron chi connectivity index (χ1n) is 12.1. The Hall–Kier alpha value is -2.93. The van der Waals surface area contributed by atoms with Crippen LogP contribution in [0.4, 0.5) is 13.2 Å². The molecule has 212 valence electrons. The Morgan fingerprint density at radius 1 is 1.15 bits per heavy atom. The number of nitrogens with one attached hydrogen (secondary N) is 1. The van der Waals surface area contributed by atoms with Crippen LogP contribution in [0.5, 0.6) is 5.75 Å². The summed E-state index contributed by atoms with van der Waals surface area (Å²) in [5.74, 6) is -0.697. The van der Waals surface area contributed by atoms with Crippen LogP contribution in [-0.4, -0.2) is 37.9 Å². The van der Waals surface area contributed by atoms with Crippen molar-refractivity contribution in [2.75, 3.05) is 13.1 Å². The number of alkyl halides is 3. The number of hydrazone groups is 1. The van der Waals surface area contributed by atoms with Crippen LogP contribution >= 0.6 is 27.5 Å². The average Bonchev–Trinajstić information content (AvgIpc) is 2.92. The van der Waals surface area contributed by atoms with Crippen molar-refractivity contribution in [3.05, 3.63) is 92.9 Å². The van der Waals surface area contributed by atoms with Gasteiger partial charge in [-0.05, 0) is 73.0 Å². The van der Waals surface area contributed by atoms with Gasteiger partial charge in [0.05, 0.1) is 22.6 Å². The predicted molar refractivity (Wildman–Crippen MR) is 149 cm³/mol. The van der Waals surface area contributed by atoms with E-state index >= 15 is 0 Å². The van der Waals surface area contributed by atoms with Crippen molar-refractivity contribution >= 4 is 49.7 Å². The molecule has 40 heavy (non-hydrogen) atoms. The molecule has 1 amide bonds. The summed E-state index contributed by atoms with van der Waals surface area (Å²) in [5, 5.41) is 4.44. The van der Waals surface area contributed by atoms with Gasteiger partial charge in [-0.1, -0.05) is 39.7 Å². The molecule has 1 heterocycles. The number of rotatable bonds is 8. The lowest BCUT2D eigenvalue weighted by Crippen LogP contribution is -2.44. The highest BCUT2D eigenvalue weighted by Crippen LogP contribution is 2.30. The molecule has 3 aromatic rings. The molecule has 7 nitrogen and oxygen atoms in total. The number of nitrogens with zero attached hydrogens (tertiary/aromatic N) is 2. The molecule has 1 fully saturated rings. The zero-order chi connectivity index (χ0) is 28.9. The van der Waals surface area contributed by atoms with E-state index in [1.165, 1.54) is 46.9 Å². The fraction of sp³-hybridized carbons (Fsp3) is 0.259. The summed E-state index contributed by atoms with van der Waals surface area (Å²) in [6.07, 6.45) is -2.10. The summed E-state index contributed by atoms with van der Waals surface area (Å²) < 4.78 is 72.8. The van der Waals surface area contributed by atoms with Gasteiger partial charge in [-0.3, -0.25) is 4.79 Å². The topological polar surface area (TPSA) is 88.1 Å². The lowest BCUT2D eigenvalue weighted by atomic mass is 9.99. The number of hydrogen-bond acceptors (Lipinski definition) is 5. The predicted octanol–water partition coefficient (Wildman–Crippen LogP) is 6.25. The summed E-state index contributed by atoms with van der Waals surface area (Å²) >= 11 is 9.22. The minimum Gasteiger partial charge on any atom is -0.488 e. The summed E-state index contributed by atoms with van der Waals surface area (Å²) in [7, 11) is -3.79. The van der Waals surface area contributed by atoms with E-state index in [9.17, 15) is 26.4 Å². The van der Waals surface area contributed by atoms with Crippen molar-refractivity contribution in [1.29, 1.82) is 0 Å². The number of amides is 1. The molecule has 0 saturated carbocycles. The molecule has 0 aliphatic carbocycles. The van der Waals surface area contributed by atoms with Gasteiger partial charge < -0.3 is 4.74 Å². The monoisotopic (exact) mass is 657 g/mol. The van der Waals surface area contributed by atoms with Crippen LogP contribution in [-0.2, 0) is 27.6 Å². The van der Waals surface area contributed by atoms with Crippen molar-refractivity contribution in [3.63, 3.8) is 0 Å². The number of sulfonamides is 1. The molecular weight excluding hydrogens is 635 g/mol. The number of hydrogen-bond donors (Lipinski definition) is 1. The van der Waals surface area contributed by atoms with Gasteiger partial charge in [-0.25, -0.2) is 13.8 Å². The van der Waals surface area contributed by atoms with Gasteiger partial charge in [0.25, 0.3) is 0 Å². The zero-order valence-corrected chi connectivity index (χ0v) is 24.0. The number of carbonyl (C=O) groups excluding carboxylic acids is 1. The first-order chi connectivity index (χ1) is 18.9. The summed E-state index contributed by atoms with van der Waals surface area (Å²) in [6.45, 7) is 0.190. The maximum Gasteiger partial charge on any atom is 0.416 e. The Morgan fingerprint density at radius 3 is 2.62 bits per heavy atom. The van der Waals surface area contributed by atoms with E-state index in [0.29, 0.717) is 45.8 Å². The van der Waals surface area contributed by atoms with E-state index in [2.05, 4.69) is 26.5 Å². The number of ether oxygens (including phenoxy) is 1. The number of benzene rings is 3. The Morgan fingerprint density at radius 2 is 1.90 bits per heavy atom. The first-order valence-corrected chi connectivity index (χ1v) is 14.7. The van der Waals surface area contributed by atoms with Gasteiger partial charge in [0, 0.05) is 28.1 Å². The highest BCUT2D eigenvalue weighted by molar-refractivity contribution is 9.10. The molecule has 0 spiro atoms. The maximum atomic E-state index is 13.0. The van der Waals surface area contributed by atoms with Crippen LogP contribution in [0.15, 0.2) is 81.2 Å². The third-order valence-corrected chi connectivity index (χ3v) is 8.83. The van der Waals surface area contributed by atoms with Crippen molar-refractivity contribution in [2.24, 2.45) is 11.0 Å². The van der Waals surface area contributed by atoms with Gasteiger partial charge in [-0.15, -0.1) is 0 Å². The largest absolute Gasteiger partial charge is 0.488 e. The minimum atomic E-state index is -4.46. The molecule has 0 radical (unpaired) electrons. The molecule has 3 aromatic carbocycles. The zero-order valence-electron chi connectivity index (χ0n) is 20.9.